The summed E-state index contributed by atoms with van der Waals surface area (Å²) >= 11 is 0. The van der Waals surface area contributed by atoms with Gasteiger partial charge in [0.2, 0.25) is 10.0 Å². The first-order chi connectivity index (χ1) is 9.06. The van der Waals surface area contributed by atoms with E-state index in [-0.39, 0.29) is 13.2 Å². The van der Waals surface area contributed by atoms with Gasteiger partial charge in [0.25, 0.3) is 5.92 Å². The number of esters is 1. The fourth-order valence-electron chi connectivity index (χ4n) is 1.39. The topological polar surface area (TPSA) is 63.7 Å². The number of alkyl halides is 2. The Morgan fingerprint density at radius 3 is 2.50 bits per heavy atom. The highest BCUT2D eigenvalue weighted by molar-refractivity contribution is 7.89. The van der Waals surface area contributed by atoms with Crippen molar-refractivity contribution in [1.82, 2.24) is 4.31 Å². The minimum absolute atomic E-state index is 0.0909. The van der Waals surface area contributed by atoms with Gasteiger partial charge in [-0.3, -0.25) is 0 Å². The molecule has 118 valence electrons. The molecule has 0 amide bonds. The third-order valence-electron chi connectivity index (χ3n) is 2.95. The molecule has 0 aromatic rings. The fourth-order valence-corrected chi connectivity index (χ4v) is 2.87. The van der Waals surface area contributed by atoms with Crippen molar-refractivity contribution in [3.63, 3.8) is 0 Å². The summed E-state index contributed by atoms with van der Waals surface area (Å²) in [5.41, 5.74) is 0. The first-order valence-corrected chi connectivity index (χ1v) is 7.78. The Kier molecular flexibility index (Phi) is 7.29. The molecule has 0 aliphatic heterocycles. The van der Waals surface area contributed by atoms with Crippen molar-refractivity contribution in [3.05, 3.63) is 12.7 Å². The van der Waals surface area contributed by atoms with Crippen molar-refractivity contribution in [1.29, 1.82) is 0 Å². The first-order valence-electron chi connectivity index (χ1n) is 6.17. The summed E-state index contributed by atoms with van der Waals surface area (Å²) in [5.74, 6) is -5.62. The van der Waals surface area contributed by atoms with Crippen molar-refractivity contribution in [2.75, 3.05) is 26.0 Å². The van der Waals surface area contributed by atoms with Crippen LogP contribution in [-0.4, -0.2) is 50.6 Å². The maximum atomic E-state index is 13.4. The van der Waals surface area contributed by atoms with Gasteiger partial charge in [-0.25, -0.2) is 26.3 Å². The van der Waals surface area contributed by atoms with Gasteiger partial charge in [-0.05, 0) is 0 Å². The molecule has 0 N–H and O–H groups in total. The van der Waals surface area contributed by atoms with Gasteiger partial charge in [0.05, 0.1) is 5.75 Å². The molecule has 0 saturated heterocycles. The van der Waals surface area contributed by atoms with Crippen molar-refractivity contribution in [3.8, 4) is 0 Å². The number of nitrogens with zero attached hydrogens (tertiary/aromatic N) is 1. The standard InChI is InChI=1S/C12H21F2NO4S/c1-5-11(16)19-8-7-15(4)20(17,18)9-10(3)12(13,14)6-2/h5,10H,1,6-9H2,2-4H3. The quantitative estimate of drug-likeness (QED) is 0.480. The van der Waals surface area contributed by atoms with Crippen molar-refractivity contribution in [2.24, 2.45) is 5.92 Å². The maximum Gasteiger partial charge on any atom is 0.330 e. The molecule has 0 bridgehead atoms. The van der Waals surface area contributed by atoms with Crippen molar-refractivity contribution in [2.45, 2.75) is 26.2 Å². The summed E-state index contributed by atoms with van der Waals surface area (Å²) in [4.78, 5) is 10.8. The van der Waals surface area contributed by atoms with E-state index in [4.69, 9.17) is 0 Å². The van der Waals surface area contributed by atoms with Gasteiger partial charge in [-0.1, -0.05) is 20.4 Å². The second kappa shape index (κ2) is 7.68. The summed E-state index contributed by atoms with van der Waals surface area (Å²) in [5, 5.41) is 0. The van der Waals surface area contributed by atoms with Gasteiger partial charge in [0, 0.05) is 32.0 Å². The summed E-state index contributed by atoms with van der Waals surface area (Å²) in [7, 11) is -2.56. The predicted octanol–water partition coefficient (Wildman–Crippen LogP) is 1.66. The molecule has 0 aliphatic carbocycles. The molecule has 0 fully saturated rings. The smallest absolute Gasteiger partial charge is 0.330 e. The van der Waals surface area contributed by atoms with Crippen LogP contribution in [0.2, 0.25) is 0 Å². The van der Waals surface area contributed by atoms with Gasteiger partial charge in [-0.2, -0.15) is 0 Å². The van der Waals surface area contributed by atoms with Crippen LogP contribution in [0.15, 0.2) is 12.7 Å². The molecule has 0 radical (unpaired) electrons. The lowest BCUT2D eigenvalue weighted by Crippen LogP contribution is -2.38. The van der Waals surface area contributed by atoms with Crippen LogP contribution in [0.3, 0.4) is 0 Å². The Balaban J connectivity index is 4.49. The van der Waals surface area contributed by atoms with Gasteiger partial charge >= 0.3 is 5.97 Å². The van der Waals surface area contributed by atoms with Crippen LogP contribution in [0.4, 0.5) is 8.78 Å². The van der Waals surface area contributed by atoms with E-state index in [2.05, 4.69) is 11.3 Å². The van der Waals surface area contributed by atoms with Gasteiger partial charge in [-0.15, -0.1) is 0 Å². The van der Waals surface area contributed by atoms with Crippen LogP contribution in [0.25, 0.3) is 0 Å². The molecule has 0 saturated carbocycles. The zero-order valence-electron chi connectivity index (χ0n) is 11.9. The monoisotopic (exact) mass is 313 g/mol. The van der Waals surface area contributed by atoms with E-state index in [1.807, 2.05) is 0 Å². The Bertz CT molecular complexity index is 437. The number of hydrogen-bond donors (Lipinski definition) is 0. The Morgan fingerprint density at radius 1 is 1.50 bits per heavy atom. The van der Waals surface area contributed by atoms with Crippen LogP contribution in [0.5, 0.6) is 0 Å². The molecule has 1 unspecified atom stereocenters. The van der Waals surface area contributed by atoms with Crippen molar-refractivity contribution < 1.29 is 26.7 Å². The van der Waals surface area contributed by atoms with Gasteiger partial charge < -0.3 is 4.74 Å². The third kappa shape index (κ3) is 5.96. The molecule has 0 heterocycles. The van der Waals surface area contributed by atoms with E-state index in [9.17, 15) is 22.0 Å². The van der Waals surface area contributed by atoms with Crippen LogP contribution in [-0.2, 0) is 19.6 Å². The molecule has 8 heteroatoms. The van der Waals surface area contributed by atoms with Crippen LogP contribution >= 0.6 is 0 Å². The average molecular weight is 313 g/mol. The van der Waals surface area contributed by atoms with E-state index < -0.39 is 40.0 Å². The third-order valence-corrected chi connectivity index (χ3v) is 5.00. The average Bonchev–Trinajstić information content (AvgIpc) is 2.37. The number of ether oxygens (including phenoxy) is 1. The number of rotatable bonds is 9. The van der Waals surface area contributed by atoms with E-state index in [0.29, 0.717) is 0 Å². The number of likely N-dealkylation sites (N-methyl/N-ethyl adjacent to an activating group) is 1. The Hall–Kier alpha value is -1.02. The van der Waals surface area contributed by atoms with E-state index in [0.717, 1.165) is 10.4 Å². The van der Waals surface area contributed by atoms with E-state index in [1.165, 1.54) is 20.9 Å². The zero-order valence-corrected chi connectivity index (χ0v) is 12.8. The number of carbonyl (C=O) groups is 1. The Labute approximate surface area is 118 Å². The van der Waals surface area contributed by atoms with Crippen LogP contribution in [0, 0.1) is 5.92 Å². The number of halogens is 2. The highest BCUT2D eigenvalue weighted by atomic mass is 32.2. The minimum Gasteiger partial charge on any atom is -0.461 e. The molecule has 0 aromatic carbocycles. The number of carbonyl (C=O) groups excluding carboxylic acids is 1. The number of sulfonamides is 1. The van der Waals surface area contributed by atoms with Crippen molar-refractivity contribution >= 4 is 16.0 Å². The van der Waals surface area contributed by atoms with Gasteiger partial charge in [0.15, 0.2) is 0 Å². The normalized spacial score (nSPS) is 14.1. The van der Waals surface area contributed by atoms with Gasteiger partial charge in [0.1, 0.15) is 6.61 Å². The van der Waals surface area contributed by atoms with E-state index >= 15 is 0 Å². The second-order valence-electron chi connectivity index (χ2n) is 4.49. The number of hydrogen-bond acceptors (Lipinski definition) is 4. The molecular formula is C12H21F2NO4S. The van der Waals surface area contributed by atoms with E-state index in [1.54, 1.807) is 0 Å². The maximum absolute atomic E-state index is 13.4. The highest BCUT2D eigenvalue weighted by Crippen LogP contribution is 2.29. The summed E-state index contributed by atoms with van der Waals surface area (Å²) < 4.78 is 56.1. The first kappa shape index (κ1) is 19.0. The second-order valence-corrected chi connectivity index (χ2v) is 6.61. The predicted molar refractivity (Wildman–Crippen MR) is 72.0 cm³/mol. The lowest BCUT2D eigenvalue weighted by molar-refractivity contribution is -0.137. The van der Waals surface area contributed by atoms with Crippen LogP contribution in [0.1, 0.15) is 20.3 Å². The summed E-state index contributed by atoms with van der Waals surface area (Å²) in [6.07, 6.45) is 0.544. The molecular weight excluding hydrogens is 292 g/mol. The molecule has 0 aliphatic rings. The summed E-state index contributed by atoms with van der Waals surface area (Å²) in [6.45, 7) is 5.46. The molecule has 20 heavy (non-hydrogen) atoms. The molecule has 0 rings (SSSR count). The van der Waals surface area contributed by atoms with Crippen LogP contribution < -0.4 is 0 Å². The lowest BCUT2D eigenvalue weighted by Gasteiger charge is -2.24. The molecule has 5 nitrogen and oxygen atoms in total. The minimum atomic E-state index is -3.82. The molecule has 0 spiro atoms. The fraction of sp³-hybridized carbons (Fsp3) is 0.750. The molecule has 1 atom stereocenters. The summed E-state index contributed by atoms with van der Waals surface area (Å²) in [6, 6.07) is 0. The highest BCUT2D eigenvalue weighted by Gasteiger charge is 2.38. The zero-order chi connectivity index (χ0) is 16.0. The lowest BCUT2D eigenvalue weighted by atomic mass is 10.0. The largest absolute Gasteiger partial charge is 0.461 e. The molecule has 0 aromatic heterocycles. The SMILES string of the molecule is C=CC(=O)OCCN(C)S(=O)(=O)CC(C)C(F)(F)CC. The Morgan fingerprint density at radius 2 is 2.05 bits per heavy atom.